The van der Waals surface area contributed by atoms with Crippen LogP contribution in [0.25, 0.3) is 0 Å². The molecule has 0 amide bonds. The number of nitrogens with zero attached hydrogens (tertiary/aromatic N) is 2. The second-order valence-electron chi connectivity index (χ2n) is 7.66. The molecule has 1 saturated carbocycles. The molecular weight excluding hydrogens is 262 g/mol. The van der Waals surface area contributed by atoms with E-state index in [-0.39, 0.29) is 11.2 Å². The van der Waals surface area contributed by atoms with Gasteiger partial charge >= 0.3 is 0 Å². The third-order valence-corrected chi connectivity index (χ3v) is 4.00. The first-order valence-electron chi connectivity index (χ1n) is 7.96. The van der Waals surface area contributed by atoms with Crippen LogP contribution < -0.4 is 10.2 Å². The molecule has 1 aromatic rings. The first-order chi connectivity index (χ1) is 9.83. The van der Waals surface area contributed by atoms with E-state index in [9.17, 15) is 0 Å². The second-order valence-corrected chi connectivity index (χ2v) is 7.66. The van der Waals surface area contributed by atoms with Gasteiger partial charge < -0.3 is 15.0 Å². The highest BCUT2D eigenvalue weighted by molar-refractivity contribution is 5.41. The first-order valence-corrected chi connectivity index (χ1v) is 7.96. The molecule has 0 radical (unpaired) electrons. The van der Waals surface area contributed by atoms with Crippen molar-refractivity contribution in [1.29, 1.82) is 0 Å². The third-order valence-electron chi connectivity index (χ3n) is 4.00. The first kappa shape index (κ1) is 14.8. The summed E-state index contributed by atoms with van der Waals surface area (Å²) >= 11 is 0. The van der Waals surface area contributed by atoms with E-state index in [1.165, 1.54) is 18.4 Å². The molecule has 1 aromatic heterocycles. The van der Waals surface area contributed by atoms with E-state index in [2.05, 4.69) is 55.0 Å². The Bertz CT molecular complexity index is 475. The Morgan fingerprint density at radius 2 is 1.86 bits per heavy atom. The molecule has 3 rings (SSSR count). The van der Waals surface area contributed by atoms with E-state index in [1.54, 1.807) is 0 Å². The Balaban J connectivity index is 1.67. The van der Waals surface area contributed by atoms with Gasteiger partial charge in [0.1, 0.15) is 5.82 Å². The maximum absolute atomic E-state index is 6.13. The van der Waals surface area contributed by atoms with Crippen LogP contribution in [0.3, 0.4) is 0 Å². The fourth-order valence-corrected chi connectivity index (χ4v) is 3.21. The van der Waals surface area contributed by atoms with Crippen molar-refractivity contribution in [2.45, 2.75) is 64.3 Å². The SMILES string of the molecule is CC1(C)CN(c2ccc(CNC3CC3)cn2)CC(C)(C)O1. The zero-order valence-electron chi connectivity index (χ0n) is 13.6. The molecule has 2 heterocycles. The van der Waals surface area contributed by atoms with Crippen LogP contribution in [-0.4, -0.2) is 35.3 Å². The summed E-state index contributed by atoms with van der Waals surface area (Å²) in [5.41, 5.74) is 0.975. The molecule has 116 valence electrons. The molecule has 1 N–H and O–H groups in total. The van der Waals surface area contributed by atoms with E-state index >= 15 is 0 Å². The number of pyridine rings is 1. The molecule has 0 atom stereocenters. The average molecular weight is 289 g/mol. The summed E-state index contributed by atoms with van der Waals surface area (Å²) in [5.74, 6) is 1.05. The molecule has 0 bridgehead atoms. The summed E-state index contributed by atoms with van der Waals surface area (Å²) in [4.78, 5) is 7.00. The predicted molar refractivity (Wildman–Crippen MR) is 85.6 cm³/mol. The van der Waals surface area contributed by atoms with Gasteiger partial charge in [-0.25, -0.2) is 4.98 Å². The Morgan fingerprint density at radius 1 is 1.19 bits per heavy atom. The van der Waals surface area contributed by atoms with E-state index in [1.807, 2.05) is 6.20 Å². The van der Waals surface area contributed by atoms with Crippen LogP contribution in [0.1, 0.15) is 46.1 Å². The second kappa shape index (κ2) is 5.25. The number of rotatable bonds is 4. The van der Waals surface area contributed by atoms with E-state index in [4.69, 9.17) is 4.74 Å². The van der Waals surface area contributed by atoms with Gasteiger partial charge in [-0.05, 0) is 52.2 Å². The van der Waals surface area contributed by atoms with Crippen LogP contribution >= 0.6 is 0 Å². The third kappa shape index (κ3) is 3.95. The van der Waals surface area contributed by atoms with E-state index < -0.39 is 0 Å². The molecule has 4 nitrogen and oxygen atoms in total. The standard InChI is InChI=1S/C17H27N3O/c1-16(2)11-20(12-17(3,4)21-16)15-8-5-13(10-19-15)9-18-14-6-7-14/h5,8,10,14,18H,6-7,9,11-12H2,1-4H3. The fraction of sp³-hybridized carbons (Fsp3) is 0.706. The lowest BCUT2D eigenvalue weighted by molar-refractivity contribution is -0.133. The number of hydrogen-bond acceptors (Lipinski definition) is 4. The average Bonchev–Trinajstić information content (AvgIpc) is 3.17. The molecule has 2 aliphatic rings. The zero-order valence-corrected chi connectivity index (χ0v) is 13.6. The Kier molecular flexibility index (Phi) is 3.70. The van der Waals surface area contributed by atoms with Crippen molar-refractivity contribution < 1.29 is 4.74 Å². The highest BCUT2D eigenvalue weighted by Crippen LogP contribution is 2.30. The van der Waals surface area contributed by atoms with Crippen LogP contribution in [-0.2, 0) is 11.3 Å². The van der Waals surface area contributed by atoms with Crippen molar-refractivity contribution in [1.82, 2.24) is 10.3 Å². The highest BCUT2D eigenvalue weighted by atomic mass is 16.5. The molecule has 0 unspecified atom stereocenters. The molecule has 1 aliphatic carbocycles. The summed E-state index contributed by atoms with van der Waals surface area (Å²) in [6.45, 7) is 11.3. The van der Waals surface area contributed by atoms with Crippen molar-refractivity contribution in [2.75, 3.05) is 18.0 Å². The quantitative estimate of drug-likeness (QED) is 0.925. The van der Waals surface area contributed by atoms with E-state index in [0.29, 0.717) is 0 Å². The molecular formula is C17H27N3O. The van der Waals surface area contributed by atoms with Gasteiger partial charge in [0.25, 0.3) is 0 Å². The number of hydrogen-bond donors (Lipinski definition) is 1. The normalized spacial score (nSPS) is 24.1. The van der Waals surface area contributed by atoms with Crippen LogP contribution in [0.15, 0.2) is 18.3 Å². The van der Waals surface area contributed by atoms with Gasteiger partial charge in [-0.3, -0.25) is 0 Å². The minimum absolute atomic E-state index is 0.143. The number of anilines is 1. The molecule has 0 aromatic carbocycles. The predicted octanol–water partition coefficient (Wildman–Crippen LogP) is 2.73. The monoisotopic (exact) mass is 289 g/mol. The lowest BCUT2D eigenvalue weighted by atomic mass is 9.99. The van der Waals surface area contributed by atoms with Gasteiger partial charge in [-0.15, -0.1) is 0 Å². The van der Waals surface area contributed by atoms with Crippen LogP contribution in [0.2, 0.25) is 0 Å². The van der Waals surface area contributed by atoms with Crippen LogP contribution in [0.4, 0.5) is 5.82 Å². The van der Waals surface area contributed by atoms with Gasteiger partial charge in [-0.1, -0.05) is 6.07 Å². The van der Waals surface area contributed by atoms with Gasteiger partial charge in [0.05, 0.1) is 11.2 Å². The molecule has 1 aliphatic heterocycles. The Labute approximate surface area is 127 Å². The molecule has 4 heteroatoms. The maximum atomic E-state index is 6.13. The van der Waals surface area contributed by atoms with Crippen molar-refractivity contribution in [3.63, 3.8) is 0 Å². The number of aromatic nitrogens is 1. The largest absolute Gasteiger partial charge is 0.366 e. The van der Waals surface area contributed by atoms with Crippen LogP contribution in [0.5, 0.6) is 0 Å². The number of nitrogens with one attached hydrogen (secondary N) is 1. The zero-order chi connectivity index (χ0) is 15.1. The molecule has 0 spiro atoms. The molecule has 21 heavy (non-hydrogen) atoms. The molecule has 2 fully saturated rings. The van der Waals surface area contributed by atoms with Crippen molar-refractivity contribution in [3.05, 3.63) is 23.9 Å². The van der Waals surface area contributed by atoms with E-state index in [0.717, 1.165) is 31.5 Å². The Hall–Kier alpha value is -1.13. The lowest BCUT2D eigenvalue weighted by Crippen LogP contribution is -2.57. The number of ether oxygens (including phenoxy) is 1. The summed E-state index contributed by atoms with van der Waals surface area (Å²) in [7, 11) is 0. The summed E-state index contributed by atoms with van der Waals surface area (Å²) in [6, 6.07) is 5.07. The summed E-state index contributed by atoms with van der Waals surface area (Å²) in [6.07, 6.45) is 4.65. The van der Waals surface area contributed by atoms with Gasteiger partial charge in [0.15, 0.2) is 0 Å². The minimum atomic E-state index is -0.143. The van der Waals surface area contributed by atoms with Crippen molar-refractivity contribution in [2.24, 2.45) is 0 Å². The topological polar surface area (TPSA) is 37.4 Å². The smallest absolute Gasteiger partial charge is 0.128 e. The van der Waals surface area contributed by atoms with Gasteiger partial charge in [0, 0.05) is 31.9 Å². The number of morpholine rings is 1. The fourth-order valence-electron chi connectivity index (χ4n) is 3.21. The minimum Gasteiger partial charge on any atom is -0.366 e. The van der Waals surface area contributed by atoms with Crippen LogP contribution in [0, 0.1) is 0 Å². The van der Waals surface area contributed by atoms with Gasteiger partial charge in [0.2, 0.25) is 0 Å². The maximum Gasteiger partial charge on any atom is 0.128 e. The highest BCUT2D eigenvalue weighted by Gasteiger charge is 2.38. The van der Waals surface area contributed by atoms with Crippen molar-refractivity contribution in [3.8, 4) is 0 Å². The lowest BCUT2D eigenvalue weighted by Gasteiger charge is -2.47. The summed E-state index contributed by atoms with van der Waals surface area (Å²) in [5, 5.41) is 3.52. The summed E-state index contributed by atoms with van der Waals surface area (Å²) < 4.78 is 6.13. The molecule has 1 saturated heterocycles. The van der Waals surface area contributed by atoms with Crippen molar-refractivity contribution >= 4 is 5.82 Å². The Morgan fingerprint density at radius 3 is 2.38 bits per heavy atom. The van der Waals surface area contributed by atoms with Gasteiger partial charge in [-0.2, -0.15) is 0 Å².